The Bertz CT molecular complexity index is 595. The van der Waals surface area contributed by atoms with Gasteiger partial charge in [0.1, 0.15) is 11.3 Å². The van der Waals surface area contributed by atoms with Crippen LogP contribution >= 0.6 is 0 Å². The van der Waals surface area contributed by atoms with E-state index in [1.807, 2.05) is 18.2 Å². The van der Waals surface area contributed by atoms with Gasteiger partial charge in [-0.1, -0.05) is 12.1 Å². The maximum atomic E-state index is 11.4. The fourth-order valence-electron chi connectivity index (χ4n) is 1.93. The van der Waals surface area contributed by atoms with E-state index in [-0.39, 0.29) is 5.63 Å². The van der Waals surface area contributed by atoms with Crippen molar-refractivity contribution in [3.8, 4) is 5.75 Å². The summed E-state index contributed by atoms with van der Waals surface area (Å²) in [7, 11) is 0. The minimum absolute atomic E-state index is 0.389. The highest BCUT2D eigenvalue weighted by Gasteiger charge is 2.05. The van der Waals surface area contributed by atoms with Gasteiger partial charge in [-0.15, -0.1) is 0 Å². The van der Waals surface area contributed by atoms with Crippen LogP contribution in [0.5, 0.6) is 5.75 Å². The van der Waals surface area contributed by atoms with Crippen molar-refractivity contribution in [1.29, 1.82) is 0 Å². The minimum atomic E-state index is -0.389. The van der Waals surface area contributed by atoms with Crippen molar-refractivity contribution in [1.82, 2.24) is 5.32 Å². The Balaban J connectivity index is 1.88. The van der Waals surface area contributed by atoms with Crippen molar-refractivity contribution in [3.63, 3.8) is 0 Å². The van der Waals surface area contributed by atoms with Crippen LogP contribution in [0.2, 0.25) is 0 Å². The molecular weight excluding hydrogens is 256 g/mol. The van der Waals surface area contributed by atoms with E-state index in [0.717, 1.165) is 31.3 Å². The van der Waals surface area contributed by atoms with Crippen LogP contribution in [-0.2, 0) is 0 Å². The molecule has 2 aromatic rings. The first-order valence-corrected chi connectivity index (χ1v) is 6.88. The van der Waals surface area contributed by atoms with Crippen LogP contribution in [0.1, 0.15) is 12.8 Å². The molecule has 0 unspecified atom stereocenters. The van der Waals surface area contributed by atoms with Gasteiger partial charge in [-0.05, 0) is 44.6 Å². The summed E-state index contributed by atoms with van der Waals surface area (Å²) in [5, 5.41) is 4.10. The molecule has 5 heteroatoms. The first-order chi connectivity index (χ1) is 9.81. The van der Waals surface area contributed by atoms with E-state index in [2.05, 4.69) is 5.32 Å². The lowest BCUT2D eigenvalue weighted by atomic mass is 10.2. The summed E-state index contributed by atoms with van der Waals surface area (Å²) in [5.74, 6) is 0.582. The van der Waals surface area contributed by atoms with Gasteiger partial charge < -0.3 is 20.2 Å². The average molecular weight is 276 g/mol. The Kier molecular flexibility index (Phi) is 5.58. The van der Waals surface area contributed by atoms with E-state index in [9.17, 15) is 4.79 Å². The number of nitrogens with one attached hydrogen (secondary N) is 1. The molecule has 0 aliphatic heterocycles. The van der Waals surface area contributed by atoms with Gasteiger partial charge in [-0.25, -0.2) is 4.79 Å². The third-order valence-corrected chi connectivity index (χ3v) is 2.93. The predicted molar refractivity (Wildman–Crippen MR) is 79.1 cm³/mol. The molecule has 1 aromatic heterocycles. The molecule has 0 bridgehead atoms. The van der Waals surface area contributed by atoms with E-state index in [1.165, 1.54) is 6.07 Å². The summed E-state index contributed by atoms with van der Waals surface area (Å²) >= 11 is 0. The normalized spacial score (nSPS) is 10.8. The number of ether oxygens (including phenoxy) is 1. The van der Waals surface area contributed by atoms with Crippen molar-refractivity contribution in [3.05, 3.63) is 40.8 Å². The number of para-hydroxylation sites is 1. The fraction of sp³-hybridized carbons (Fsp3) is 0.400. The van der Waals surface area contributed by atoms with Crippen molar-refractivity contribution >= 4 is 11.0 Å². The predicted octanol–water partition coefficient (Wildman–Crippen LogP) is 1.50. The van der Waals surface area contributed by atoms with Gasteiger partial charge >= 0.3 is 5.63 Å². The van der Waals surface area contributed by atoms with Gasteiger partial charge in [0.15, 0.2) is 0 Å². The molecule has 1 heterocycles. The third kappa shape index (κ3) is 4.08. The molecule has 0 aliphatic rings. The van der Waals surface area contributed by atoms with Crippen molar-refractivity contribution in [2.75, 3.05) is 26.2 Å². The smallest absolute Gasteiger partial charge is 0.339 e. The van der Waals surface area contributed by atoms with Gasteiger partial charge in [0.2, 0.25) is 0 Å². The minimum Gasteiger partial charge on any atom is -0.492 e. The molecule has 0 saturated carbocycles. The molecule has 0 atom stereocenters. The second-order valence-corrected chi connectivity index (χ2v) is 4.52. The van der Waals surface area contributed by atoms with Crippen LogP contribution in [0.3, 0.4) is 0 Å². The first kappa shape index (κ1) is 14.6. The molecule has 0 aliphatic carbocycles. The lowest BCUT2D eigenvalue weighted by Crippen LogP contribution is -2.20. The van der Waals surface area contributed by atoms with Crippen molar-refractivity contribution in [2.24, 2.45) is 5.73 Å². The first-order valence-electron chi connectivity index (χ1n) is 6.88. The van der Waals surface area contributed by atoms with E-state index in [1.54, 1.807) is 6.07 Å². The zero-order chi connectivity index (χ0) is 14.2. The van der Waals surface area contributed by atoms with Crippen LogP contribution in [0.25, 0.3) is 11.0 Å². The van der Waals surface area contributed by atoms with E-state index in [0.29, 0.717) is 24.5 Å². The lowest BCUT2D eigenvalue weighted by Gasteiger charge is -2.08. The topological polar surface area (TPSA) is 77.5 Å². The Morgan fingerprint density at radius 1 is 1.20 bits per heavy atom. The standard InChI is InChI=1S/C15H20N2O3/c16-7-3-8-17-9-4-10-19-14-11-15(18)20-13-6-2-1-5-12(13)14/h1-2,5-6,11,17H,3-4,7-10,16H2. The van der Waals surface area contributed by atoms with Crippen LogP contribution in [0.15, 0.2) is 39.5 Å². The van der Waals surface area contributed by atoms with Gasteiger partial charge in [0.25, 0.3) is 0 Å². The van der Waals surface area contributed by atoms with Crippen molar-refractivity contribution in [2.45, 2.75) is 12.8 Å². The van der Waals surface area contributed by atoms with Crippen LogP contribution in [-0.4, -0.2) is 26.2 Å². The molecule has 20 heavy (non-hydrogen) atoms. The maximum absolute atomic E-state index is 11.4. The summed E-state index contributed by atoms with van der Waals surface area (Å²) in [6, 6.07) is 8.76. The highest BCUT2D eigenvalue weighted by atomic mass is 16.5. The fourth-order valence-corrected chi connectivity index (χ4v) is 1.93. The van der Waals surface area contributed by atoms with Gasteiger partial charge in [0.05, 0.1) is 18.1 Å². The Labute approximate surface area is 117 Å². The molecule has 1 aromatic carbocycles. The van der Waals surface area contributed by atoms with E-state index >= 15 is 0 Å². The third-order valence-electron chi connectivity index (χ3n) is 2.93. The Morgan fingerprint density at radius 2 is 2.00 bits per heavy atom. The quantitative estimate of drug-likeness (QED) is 0.564. The summed E-state index contributed by atoms with van der Waals surface area (Å²) in [6.45, 7) is 3.06. The number of hydrogen-bond donors (Lipinski definition) is 2. The number of hydrogen-bond acceptors (Lipinski definition) is 5. The van der Waals surface area contributed by atoms with Crippen molar-refractivity contribution < 1.29 is 9.15 Å². The molecule has 0 fully saturated rings. The number of nitrogens with two attached hydrogens (primary N) is 1. The summed E-state index contributed by atoms with van der Waals surface area (Å²) < 4.78 is 10.8. The summed E-state index contributed by atoms with van der Waals surface area (Å²) in [5.41, 5.74) is 5.57. The van der Waals surface area contributed by atoms with Crippen LogP contribution in [0, 0.1) is 0 Å². The SMILES string of the molecule is NCCCNCCCOc1cc(=O)oc2ccccc12. The maximum Gasteiger partial charge on any atom is 0.339 e. The molecule has 108 valence electrons. The van der Waals surface area contributed by atoms with Gasteiger partial charge in [0, 0.05) is 0 Å². The van der Waals surface area contributed by atoms with E-state index in [4.69, 9.17) is 14.9 Å². The Hall–Kier alpha value is -1.85. The molecule has 0 saturated heterocycles. The molecule has 3 N–H and O–H groups in total. The second-order valence-electron chi connectivity index (χ2n) is 4.52. The second kappa shape index (κ2) is 7.67. The molecular formula is C15H20N2O3. The summed E-state index contributed by atoms with van der Waals surface area (Å²) in [4.78, 5) is 11.4. The molecule has 2 rings (SSSR count). The Morgan fingerprint density at radius 3 is 2.85 bits per heavy atom. The van der Waals surface area contributed by atoms with Crippen LogP contribution < -0.4 is 21.4 Å². The van der Waals surface area contributed by atoms with Gasteiger partial charge in [-0.3, -0.25) is 0 Å². The van der Waals surface area contributed by atoms with E-state index < -0.39 is 0 Å². The number of fused-ring (bicyclic) bond motifs is 1. The molecule has 0 radical (unpaired) electrons. The highest BCUT2D eigenvalue weighted by molar-refractivity contribution is 5.82. The molecule has 5 nitrogen and oxygen atoms in total. The zero-order valence-electron chi connectivity index (χ0n) is 11.4. The van der Waals surface area contributed by atoms with Crippen LogP contribution in [0.4, 0.5) is 0 Å². The molecule has 0 spiro atoms. The summed E-state index contributed by atoms with van der Waals surface area (Å²) in [6.07, 6.45) is 1.85. The average Bonchev–Trinajstić information content (AvgIpc) is 2.46. The highest BCUT2D eigenvalue weighted by Crippen LogP contribution is 2.23. The van der Waals surface area contributed by atoms with Gasteiger partial charge in [-0.2, -0.15) is 0 Å². The number of rotatable bonds is 8. The monoisotopic (exact) mass is 276 g/mol. The zero-order valence-corrected chi connectivity index (χ0v) is 11.4. The number of benzene rings is 1. The molecule has 0 amide bonds. The lowest BCUT2D eigenvalue weighted by molar-refractivity contribution is 0.309. The largest absolute Gasteiger partial charge is 0.492 e.